The Morgan fingerprint density at radius 1 is 1.19 bits per heavy atom. The fourth-order valence-corrected chi connectivity index (χ4v) is 4.05. The van der Waals surface area contributed by atoms with Crippen molar-refractivity contribution in [2.24, 2.45) is 5.92 Å². The van der Waals surface area contributed by atoms with Crippen molar-refractivity contribution in [3.63, 3.8) is 0 Å². The van der Waals surface area contributed by atoms with Gasteiger partial charge in [0, 0.05) is 6.54 Å². The Balaban J connectivity index is 2.01. The van der Waals surface area contributed by atoms with Gasteiger partial charge in [-0.15, -0.1) is 0 Å². The van der Waals surface area contributed by atoms with Gasteiger partial charge in [-0.25, -0.2) is 17.5 Å². The summed E-state index contributed by atoms with van der Waals surface area (Å²) in [5.74, 6) is -0.276. The van der Waals surface area contributed by atoms with E-state index in [-0.39, 0.29) is 17.4 Å². The zero-order valence-electron chi connectivity index (χ0n) is 15.1. The van der Waals surface area contributed by atoms with Gasteiger partial charge in [0.15, 0.2) is 0 Å². The number of sulfonamides is 1. The molecule has 2 aromatic carbocycles. The van der Waals surface area contributed by atoms with Crippen LogP contribution in [-0.4, -0.2) is 27.2 Å². The minimum Gasteiger partial charge on any atom is -0.497 e. The van der Waals surface area contributed by atoms with Crippen LogP contribution >= 0.6 is 0 Å². The number of methoxy groups -OCH3 is 1. The number of hydrogen-bond donors (Lipinski definition) is 2. The zero-order chi connectivity index (χ0) is 19.4. The highest BCUT2D eigenvalue weighted by atomic mass is 32.2. The summed E-state index contributed by atoms with van der Waals surface area (Å²) in [7, 11) is -2.37. The average Bonchev–Trinajstić information content (AvgIpc) is 2.60. The molecule has 0 aliphatic heterocycles. The second-order valence-electron chi connectivity index (χ2n) is 6.59. The van der Waals surface area contributed by atoms with E-state index in [0.717, 1.165) is 6.07 Å². The SMILES string of the molecule is COc1ccc(C(C)(O)C[C@H](C)CNS(=O)(=O)c2ccccc2F)cc1. The van der Waals surface area contributed by atoms with Crippen LogP contribution in [0, 0.1) is 11.7 Å². The Kier molecular flexibility index (Phi) is 6.39. The quantitative estimate of drug-likeness (QED) is 0.737. The van der Waals surface area contributed by atoms with Crippen LogP contribution in [0.3, 0.4) is 0 Å². The van der Waals surface area contributed by atoms with Gasteiger partial charge < -0.3 is 9.84 Å². The molecule has 0 amide bonds. The minimum atomic E-state index is -3.94. The van der Waals surface area contributed by atoms with Crippen LogP contribution < -0.4 is 9.46 Å². The molecular weight excluding hydrogens is 357 g/mol. The van der Waals surface area contributed by atoms with E-state index in [1.807, 2.05) is 6.92 Å². The first-order chi connectivity index (χ1) is 12.2. The Labute approximate surface area is 153 Å². The van der Waals surface area contributed by atoms with Crippen LogP contribution in [0.1, 0.15) is 25.8 Å². The van der Waals surface area contributed by atoms with E-state index in [4.69, 9.17) is 4.74 Å². The zero-order valence-corrected chi connectivity index (χ0v) is 15.9. The van der Waals surface area contributed by atoms with Gasteiger partial charge in [0.1, 0.15) is 16.5 Å². The van der Waals surface area contributed by atoms with Gasteiger partial charge in [-0.3, -0.25) is 0 Å². The molecule has 7 heteroatoms. The van der Waals surface area contributed by atoms with Crippen LogP contribution in [0.15, 0.2) is 53.4 Å². The number of nitrogens with one attached hydrogen (secondary N) is 1. The molecule has 2 N–H and O–H groups in total. The van der Waals surface area contributed by atoms with Crippen LogP contribution in [0.5, 0.6) is 5.75 Å². The maximum absolute atomic E-state index is 13.7. The van der Waals surface area contributed by atoms with Crippen molar-refractivity contribution in [2.45, 2.75) is 30.8 Å². The maximum Gasteiger partial charge on any atom is 0.243 e. The van der Waals surface area contributed by atoms with E-state index < -0.39 is 21.4 Å². The third kappa shape index (κ3) is 5.03. The van der Waals surface area contributed by atoms with E-state index >= 15 is 0 Å². The lowest BCUT2D eigenvalue weighted by atomic mass is 9.87. The average molecular weight is 381 g/mol. The number of ether oxygens (including phenoxy) is 1. The molecule has 0 bridgehead atoms. The largest absolute Gasteiger partial charge is 0.497 e. The van der Waals surface area contributed by atoms with Crippen LogP contribution in [-0.2, 0) is 15.6 Å². The fourth-order valence-electron chi connectivity index (χ4n) is 2.81. The summed E-state index contributed by atoms with van der Waals surface area (Å²) in [6, 6.07) is 12.3. The predicted octanol–water partition coefficient (Wildman–Crippen LogP) is 3.05. The normalized spacial score (nSPS) is 15.3. The number of benzene rings is 2. The summed E-state index contributed by atoms with van der Waals surface area (Å²) in [6.07, 6.45) is 0.332. The summed E-state index contributed by atoms with van der Waals surface area (Å²) in [5, 5.41) is 10.7. The van der Waals surface area contributed by atoms with Gasteiger partial charge in [-0.05, 0) is 49.1 Å². The smallest absolute Gasteiger partial charge is 0.243 e. The van der Waals surface area contributed by atoms with E-state index in [9.17, 15) is 17.9 Å². The van der Waals surface area contributed by atoms with Crippen LogP contribution in [0.2, 0.25) is 0 Å². The Morgan fingerprint density at radius 3 is 2.38 bits per heavy atom. The molecule has 0 aliphatic carbocycles. The summed E-state index contributed by atoms with van der Waals surface area (Å²) in [6.45, 7) is 3.58. The lowest BCUT2D eigenvalue weighted by molar-refractivity contribution is 0.0330. The van der Waals surface area contributed by atoms with Gasteiger partial charge in [0.2, 0.25) is 10.0 Å². The van der Waals surface area contributed by atoms with Crippen molar-refractivity contribution in [1.82, 2.24) is 4.72 Å². The Morgan fingerprint density at radius 2 is 1.81 bits per heavy atom. The van der Waals surface area contributed by atoms with Gasteiger partial charge in [0.05, 0.1) is 12.7 Å². The fraction of sp³-hybridized carbons (Fsp3) is 0.368. The Hall–Kier alpha value is -1.96. The second-order valence-corrected chi connectivity index (χ2v) is 8.33. The third-order valence-electron chi connectivity index (χ3n) is 4.21. The lowest BCUT2D eigenvalue weighted by Gasteiger charge is -2.27. The van der Waals surface area contributed by atoms with Crippen molar-refractivity contribution < 1.29 is 22.7 Å². The molecule has 2 aromatic rings. The highest BCUT2D eigenvalue weighted by Crippen LogP contribution is 2.29. The number of halogens is 1. The summed E-state index contributed by atoms with van der Waals surface area (Å²) < 4.78 is 45.7. The van der Waals surface area contributed by atoms with Gasteiger partial charge in [-0.1, -0.05) is 31.2 Å². The molecule has 0 heterocycles. The third-order valence-corrected chi connectivity index (χ3v) is 5.66. The highest BCUT2D eigenvalue weighted by molar-refractivity contribution is 7.89. The molecule has 1 unspecified atom stereocenters. The minimum absolute atomic E-state index is 0.0863. The summed E-state index contributed by atoms with van der Waals surface area (Å²) in [5.41, 5.74) is -0.420. The van der Waals surface area contributed by atoms with E-state index in [2.05, 4.69) is 4.72 Å². The Bertz CT molecular complexity index is 835. The van der Waals surface area contributed by atoms with Crippen molar-refractivity contribution in [2.75, 3.05) is 13.7 Å². The molecule has 2 atom stereocenters. The van der Waals surface area contributed by atoms with Crippen molar-refractivity contribution in [3.8, 4) is 5.75 Å². The van der Waals surface area contributed by atoms with Gasteiger partial charge in [-0.2, -0.15) is 0 Å². The van der Waals surface area contributed by atoms with Crippen molar-refractivity contribution in [3.05, 3.63) is 59.9 Å². The molecule has 0 radical (unpaired) electrons. The summed E-state index contributed by atoms with van der Waals surface area (Å²) >= 11 is 0. The molecule has 0 fully saturated rings. The first kappa shape index (κ1) is 20.4. The molecule has 2 rings (SSSR count). The molecule has 0 aliphatic rings. The maximum atomic E-state index is 13.7. The van der Waals surface area contributed by atoms with Crippen LogP contribution in [0.25, 0.3) is 0 Å². The first-order valence-corrected chi connectivity index (χ1v) is 9.75. The van der Waals surface area contributed by atoms with Gasteiger partial charge >= 0.3 is 0 Å². The van der Waals surface area contributed by atoms with E-state index in [1.54, 1.807) is 38.3 Å². The second kappa shape index (κ2) is 8.16. The van der Waals surface area contributed by atoms with Crippen molar-refractivity contribution in [1.29, 1.82) is 0 Å². The highest BCUT2D eigenvalue weighted by Gasteiger charge is 2.27. The molecule has 0 saturated carbocycles. The lowest BCUT2D eigenvalue weighted by Crippen LogP contribution is -2.33. The molecule has 142 valence electrons. The molecule has 5 nitrogen and oxygen atoms in total. The van der Waals surface area contributed by atoms with Crippen LogP contribution in [0.4, 0.5) is 4.39 Å². The molecule has 26 heavy (non-hydrogen) atoms. The molecular formula is C19H24FNO4S. The van der Waals surface area contributed by atoms with Crippen molar-refractivity contribution >= 4 is 10.0 Å². The monoisotopic (exact) mass is 381 g/mol. The number of aliphatic hydroxyl groups is 1. The van der Waals surface area contributed by atoms with Gasteiger partial charge in [0.25, 0.3) is 0 Å². The summed E-state index contributed by atoms with van der Waals surface area (Å²) in [4.78, 5) is -0.380. The topological polar surface area (TPSA) is 75.6 Å². The molecule has 0 saturated heterocycles. The predicted molar refractivity (Wildman–Crippen MR) is 97.9 cm³/mol. The van der Waals surface area contributed by atoms with E-state index in [0.29, 0.717) is 17.7 Å². The number of rotatable bonds is 8. The molecule has 0 spiro atoms. The van der Waals surface area contributed by atoms with E-state index in [1.165, 1.54) is 18.2 Å². The number of hydrogen-bond acceptors (Lipinski definition) is 4. The molecule has 0 aromatic heterocycles. The first-order valence-electron chi connectivity index (χ1n) is 8.27. The standard InChI is InChI=1S/C19H24FNO4S/c1-14(12-19(2,22)15-8-10-16(25-3)11-9-15)13-21-26(23,24)18-7-5-4-6-17(18)20/h4-11,14,21-22H,12-13H2,1-3H3/t14-,19?/m0/s1.